The molecule has 1 aromatic heterocycles. The topological polar surface area (TPSA) is 53.5 Å². The van der Waals surface area contributed by atoms with Crippen molar-refractivity contribution in [3.8, 4) is 0 Å². The quantitative estimate of drug-likeness (QED) is 0.779. The zero-order valence-corrected chi connectivity index (χ0v) is 12.8. The van der Waals surface area contributed by atoms with Crippen molar-refractivity contribution >= 4 is 17.9 Å². The summed E-state index contributed by atoms with van der Waals surface area (Å²) in [7, 11) is 0. The zero-order chi connectivity index (χ0) is 15.2. The first-order valence-electron chi connectivity index (χ1n) is 7.68. The molecule has 114 valence electrons. The van der Waals surface area contributed by atoms with Gasteiger partial charge in [-0.2, -0.15) is 0 Å². The van der Waals surface area contributed by atoms with E-state index >= 15 is 0 Å². The Kier molecular flexibility index (Phi) is 5.31. The van der Waals surface area contributed by atoms with Crippen molar-refractivity contribution in [1.29, 1.82) is 0 Å². The maximum absolute atomic E-state index is 12.4. The summed E-state index contributed by atoms with van der Waals surface area (Å²) >= 11 is 0. The Morgan fingerprint density at radius 3 is 2.86 bits per heavy atom. The molecule has 1 amide bonds. The molecule has 0 spiro atoms. The molecule has 5 heteroatoms. The highest BCUT2D eigenvalue weighted by Crippen LogP contribution is 2.24. The van der Waals surface area contributed by atoms with Gasteiger partial charge in [-0.3, -0.25) is 9.78 Å². The lowest BCUT2D eigenvalue weighted by Gasteiger charge is -2.34. The van der Waals surface area contributed by atoms with Gasteiger partial charge in [0.15, 0.2) is 0 Å². The zero-order valence-electron chi connectivity index (χ0n) is 12.8. The number of piperidine rings is 1. The van der Waals surface area contributed by atoms with Crippen LogP contribution in [0.4, 0.5) is 5.69 Å². The van der Waals surface area contributed by atoms with Crippen LogP contribution in [-0.4, -0.2) is 47.8 Å². The Labute approximate surface area is 126 Å². The predicted molar refractivity (Wildman–Crippen MR) is 82.5 cm³/mol. The Bertz CT molecular complexity index is 500. The minimum absolute atomic E-state index is 0.0542. The van der Waals surface area contributed by atoms with Crippen LogP contribution in [-0.2, 0) is 4.79 Å². The normalized spacial score (nSPS) is 18.4. The molecule has 21 heavy (non-hydrogen) atoms. The molecule has 1 aromatic rings. The van der Waals surface area contributed by atoms with Crippen LogP contribution >= 0.6 is 0 Å². The maximum Gasteiger partial charge on any atom is 0.272 e. The van der Waals surface area contributed by atoms with Crippen LogP contribution in [0.5, 0.6) is 0 Å². The molecule has 0 bridgehead atoms. The third-order valence-corrected chi connectivity index (χ3v) is 4.05. The summed E-state index contributed by atoms with van der Waals surface area (Å²) in [6.45, 7) is 6.10. The van der Waals surface area contributed by atoms with Crippen LogP contribution < -0.4 is 4.90 Å². The standard InChI is InChI=1S/C16H23N3O2/c1-3-18(4-2)16(21)15-11-13(8-9-17-15)19-10-6-5-7-14(19)12-20/h8-9,11-12,14H,3-7,10H2,1-2H3. The summed E-state index contributed by atoms with van der Waals surface area (Å²) in [4.78, 5) is 31.6. The number of amides is 1. The molecule has 1 unspecified atom stereocenters. The Morgan fingerprint density at radius 1 is 1.43 bits per heavy atom. The van der Waals surface area contributed by atoms with Crippen LogP contribution in [0, 0.1) is 0 Å². The molecule has 2 rings (SSSR count). The molecular formula is C16H23N3O2. The Balaban J connectivity index is 2.24. The highest BCUT2D eigenvalue weighted by Gasteiger charge is 2.23. The number of hydrogen-bond acceptors (Lipinski definition) is 4. The van der Waals surface area contributed by atoms with E-state index in [1.54, 1.807) is 11.1 Å². The number of aldehydes is 1. The number of hydrogen-bond donors (Lipinski definition) is 0. The smallest absolute Gasteiger partial charge is 0.272 e. The van der Waals surface area contributed by atoms with E-state index in [1.165, 1.54) is 0 Å². The summed E-state index contributed by atoms with van der Waals surface area (Å²) in [5.41, 5.74) is 1.36. The maximum atomic E-state index is 12.4. The fraction of sp³-hybridized carbons (Fsp3) is 0.562. The molecule has 1 fully saturated rings. The van der Waals surface area contributed by atoms with Gasteiger partial charge < -0.3 is 14.6 Å². The van der Waals surface area contributed by atoms with Gasteiger partial charge in [0.1, 0.15) is 12.0 Å². The molecule has 0 radical (unpaired) electrons. The number of carbonyl (C=O) groups is 2. The molecule has 1 aliphatic heterocycles. The molecule has 1 saturated heterocycles. The molecule has 1 aliphatic rings. The summed E-state index contributed by atoms with van der Waals surface area (Å²) in [6, 6.07) is 3.60. The van der Waals surface area contributed by atoms with Crippen LogP contribution in [0.15, 0.2) is 18.3 Å². The van der Waals surface area contributed by atoms with E-state index in [2.05, 4.69) is 9.88 Å². The van der Waals surface area contributed by atoms with E-state index in [1.807, 2.05) is 26.0 Å². The van der Waals surface area contributed by atoms with Gasteiger partial charge in [0.25, 0.3) is 5.91 Å². The lowest BCUT2D eigenvalue weighted by Crippen LogP contribution is -2.40. The Morgan fingerprint density at radius 2 is 2.19 bits per heavy atom. The van der Waals surface area contributed by atoms with E-state index < -0.39 is 0 Å². The Hall–Kier alpha value is -1.91. The lowest BCUT2D eigenvalue weighted by molar-refractivity contribution is -0.109. The van der Waals surface area contributed by atoms with E-state index in [9.17, 15) is 9.59 Å². The molecule has 2 heterocycles. The van der Waals surface area contributed by atoms with Gasteiger partial charge in [-0.1, -0.05) is 0 Å². The van der Waals surface area contributed by atoms with Crippen LogP contribution in [0.3, 0.4) is 0 Å². The molecule has 0 N–H and O–H groups in total. The third kappa shape index (κ3) is 3.40. The predicted octanol–water partition coefficient (Wildman–Crippen LogP) is 2.12. The monoisotopic (exact) mass is 289 g/mol. The van der Waals surface area contributed by atoms with E-state index in [-0.39, 0.29) is 11.9 Å². The summed E-state index contributed by atoms with van der Waals surface area (Å²) in [5.74, 6) is -0.0542. The third-order valence-electron chi connectivity index (χ3n) is 4.05. The molecule has 0 aromatic carbocycles. The summed E-state index contributed by atoms with van der Waals surface area (Å²) in [6.07, 6.45) is 5.70. The van der Waals surface area contributed by atoms with Crippen molar-refractivity contribution in [2.24, 2.45) is 0 Å². The van der Waals surface area contributed by atoms with Crippen LogP contribution in [0.1, 0.15) is 43.6 Å². The summed E-state index contributed by atoms with van der Waals surface area (Å²) in [5, 5.41) is 0. The first-order chi connectivity index (χ1) is 10.2. The van der Waals surface area contributed by atoms with Crippen molar-refractivity contribution in [3.05, 3.63) is 24.0 Å². The second-order valence-electron chi connectivity index (χ2n) is 5.27. The average molecular weight is 289 g/mol. The molecule has 0 aliphatic carbocycles. The molecular weight excluding hydrogens is 266 g/mol. The number of carbonyl (C=O) groups excluding carboxylic acids is 2. The SMILES string of the molecule is CCN(CC)C(=O)c1cc(N2CCCCC2C=O)ccn1. The van der Waals surface area contributed by atoms with Gasteiger partial charge in [0, 0.05) is 31.5 Å². The molecule has 5 nitrogen and oxygen atoms in total. The fourth-order valence-corrected chi connectivity index (χ4v) is 2.81. The number of rotatable bonds is 5. The molecule has 0 saturated carbocycles. The minimum atomic E-state index is -0.0856. The van der Waals surface area contributed by atoms with Gasteiger partial charge >= 0.3 is 0 Å². The molecule has 1 atom stereocenters. The van der Waals surface area contributed by atoms with Gasteiger partial charge in [0.05, 0.1) is 6.04 Å². The van der Waals surface area contributed by atoms with Crippen molar-refractivity contribution in [1.82, 2.24) is 9.88 Å². The first-order valence-corrected chi connectivity index (χ1v) is 7.68. The minimum Gasteiger partial charge on any atom is -0.362 e. The largest absolute Gasteiger partial charge is 0.362 e. The second kappa shape index (κ2) is 7.20. The van der Waals surface area contributed by atoms with Crippen molar-refractivity contribution in [3.63, 3.8) is 0 Å². The van der Waals surface area contributed by atoms with Gasteiger partial charge in [0.2, 0.25) is 0 Å². The van der Waals surface area contributed by atoms with E-state index in [0.29, 0.717) is 18.8 Å². The highest BCUT2D eigenvalue weighted by atomic mass is 16.2. The average Bonchev–Trinajstić information content (AvgIpc) is 2.56. The van der Waals surface area contributed by atoms with E-state index in [0.717, 1.165) is 37.8 Å². The van der Waals surface area contributed by atoms with Crippen molar-refractivity contribution < 1.29 is 9.59 Å². The van der Waals surface area contributed by atoms with Crippen molar-refractivity contribution in [2.45, 2.75) is 39.2 Å². The highest BCUT2D eigenvalue weighted by molar-refractivity contribution is 5.93. The summed E-state index contributed by atoms with van der Waals surface area (Å²) < 4.78 is 0. The van der Waals surface area contributed by atoms with Gasteiger partial charge in [-0.25, -0.2) is 0 Å². The van der Waals surface area contributed by atoms with E-state index in [4.69, 9.17) is 0 Å². The van der Waals surface area contributed by atoms with Crippen molar-refractivity contribution in [2.75, 3.05) is 24.5 Å². The number of pyridine rings is 1. The van der Waals surface area contributed by atoms with Crippen LogP contribution in [0.2, 0.25) is 0 Å². The second-order valence-corrected chi connectivity index (χ2v) is 5.27. The lowest BCUT2D eigenvalue weighted by atomic mass is 10.0. The van der Waals surface area contributed by atoms with Gasteiger partial charge in [-0.05, 0) is 45.2 Å². The fourth-order valence-electron chi connectivity index (χ4n) is 2.81. The first kappa shape index (κ1) is 15.5. The number of aromatic nitrogens is 1. The van der Waals surface area contributed by atoms with Crippen LogP contribution in [0.25, 0.3) is 0 Å². The van der Waals surface area contributed by atoms with Gasteiger partial charge in [-0.15, -0.1) is 0 Å². The number of anilines is 1. The number of nitrogens with zero attached hydrogens (tertiary/aromatic N) is 3.